The van der Waals surface area contributed by atoms with E-state index in [-0.39, 0.29) is 0 Å². The smallest absolute Gasteiger partial charge is 0.0414 e. The lowest BCUT2D eigenvalue weighted by Gasteiger charge is -2.33. The lowest BCUT2D eigenvalue weighted by atomic mass is 9.77. The minimum absolute atomic E-state index is 0.454. The molecule has 1 nitrogen and oxygen atoms in total. The Balaban J connectivity index is 2.07. The van der Waals surface area contributed by atoms with E-state index in [9.17, 15) is 0 Å². The lowest BCUT2D eigenvalue weighted by Crippen LogP contribution is -2.35. The average molecular weight is 298 g/mol. The Morgan fingerprint density at radius 2 is 2.06 bits per heavy atom. The lowest BCUT2D eigenvalue weighted by molar-refractivity contribution is 0.423. The van der Waals surface area contributed by atoms with E-state index in [1.807, 2.05) is 0 Å². The predicted molar refractivity (Wildman–Crippen MR) is 75.6 cm³/mol. The molecular formula is C13H16BrNS. The molecule has 1 fully saturated rings. The number of benzene rings is 1. The van der Waals surface area contributed by atoms with Gasteiger partial charge in [-0.25, -0.2) is 0 Å². The van der Waals surface area contributed by atoms with Crippen LogP contribution in [0.15, 0.2) is 22.7 Å². The molecule has 0 aliphatic carbocycles. The first-order valence-corrected chi connectivity index (χ1v) is 7.75. The zero-order valence-electron chi connectivity index (χ0n) is 9.50. The van der Waals surface area contributed by atoms with Crippen molar-refractivity contribution in [1.29, 1.82) is 0 Å². The van der Waals surface area contributed by atoms with Crippen molar-refractivity contribution in [2.45, 2.75) is 18.3 Å². The van der Waals surface area contributed by atoms with Crippen molar-refractivity contribution in [3.63, 3.8) is 0 Å². The van der Waals surface area contributed by atoms with Crippen LogP contribution in [0.1, 0.15) is 18.4 Å². The molecular weight excluding hydrogens is 282 g/mol. The number of rotatable bonds is 0. The Hall–Kier alpha value is -0.150. The number of hydrogen-bond donors (Lipinski definition) is 0. The molecule has 1 saturated heterocycles. The highest BCUT2D eigenvalue weighted by atomic mass is 79.9. The molecule has 0 radical (unpaired) electrons. The van der Waals surface area contributed by atoms with Crippen LogP contribution in [0, 0.1) is 0 Å². The molecule has 1 spiro atoms. The standard InChI is InChI=1S/C13H16BrNS/c1-15-9-13(4-6-16-7-5-13)11-3-2-10(14)8-12(11)15/h2-3,8H,4-7,9H2,1H3. The van der Waals surface area contributed by atoms with Crippen LogP contribution in [0.5, 0.6) is 0 Å². The van der Waals surface area contributed by atoms with Gasteiger partial charge in [0.25, 0.3) is 0 Å². The Morgan fingerprint density at radius 1 is 1.31 bits per heavy atom. The summed E-state index contributed by atoms with van der Waals surface area (Å²) in [5.41, 5.74) is 3.47. The number of anilines is 1. The third-order valence-corrected chi connectivity index (χ3v) is 5.41. The first-order chi connectivity index (χ1) is 7.71. The molecule has 2 aliphatic rings. The van der Waals surface area contributed by atoms with Gasteiger partial charge in [-0.1, -0.05) is 22.0 Å². The highest BCUT2D eigenvalue weighted by Crippen LogP contribution is 2.48. The summed E-state index contributed by atoms with van der Waals surface area (Å²) in [5.74, 6) is 2.65. The second-order valence-corrected chi connectivity index (χ2v) is 7.05. The molecule has 2 heterocycles. The van der Waals surface area contributed by atoms with Gasteiger partial charge in [0, 0.05) is 29.2 Å². The summed E-state index contributed by atoms with van der Waals surface area (Å²) in [6.45, 7) is 1.21. The van der Waals surface area contributed by atoms with E-state index >= 15 is 0 Å². The number of nitrogens with zero attached hydrogens (tertiary/aromatic N) is 1. The molecule has 0 saturated carbocycles. The van der Waals surface area contributed by atoms with Crippen molar-refractivity contribution < 1.29 is 0 Å². The molecule has 0 unspecified atom stereocenters. The number of halogens is 1. The molecule has 3 heteroatoms. The van der Waals surface area contributed by atoms with Gasteiger partial charge in [-0.05, 0) is 42.0 Å². The molecule has 0 amide bonds. The second kappa shape index (κ2) is 3.95. The van der Waals surface area contributed by atoms with Gasteiger partial charge in [0.15, 0.2) is 0 Å². The first kappa shape index (κ1) is 11.0. The topological polar surface area (TPSA) is 3.24 Å². The van der Waals surface area contributed by atoms with Gasteiger partial charge >= 0.3 is 0 Å². The summed E-state index contributed by atoms with van der Waals surface area (Å²) < 4.78 is 1.19. The van der Waals surface area contributed by atoms with E-state index in [4.69, 9.17) is 0 Å². The highest BCUT2D eigenvalue weighted by Gasteiger charge is 2.42. The number of likely N-dealkylation sites (N-methyl/N-ethyl adjacent to an activating group) is 1. The molecule has 0 atom stereocenters. The van der Waals surface area contributed by atoms with Gasteiger partial charge in [-0.2, -0.15) is 11.8 Å². The van der Waals surface area contributed by atoms with Crippen LogP contribution in [0.2, 0.25) is 0 Å². The Kier molecular flexibility index (Phi) is 2.71. The van der Waals surface area contributed by atoms with Crippen LogP contribution in [-0.4, -0.2) is 25.1 Å². The van der Waals surface area contributed by atoms with Crippen molar-refractivity contribution in [2.75, 3.05) is 30.0 Å². The summed E-state index contributed by atoms with van der Waals surface area (Å²) >= 11 is 5.68. The van der Waals surface area contributed by atoms with E-state index in [0.717, 1.165) is 0 Å². The fourth-order valence-electron chi connectivity index (χ4n) is 3.08. The number of thioether (sulfide) groups is 1. The SMILES string of the molecule is CN1CC2(CCSCC2)c2ccc(Br)cc21. The Morgan fingerprint density at radius 3 is 2.81 bits per heavy atom. The maximum atomic E-state index is 3.57. The van der Waals surface area contributed by atoms with Gasteiger partial charge in [-0.15, -0.1) is 0 Å². The third-order valence-electron chi connectivity index (χ3n) is 3.93. The van der Waals surface area contributed by atoms with Crippen LogP contribution >= 0.6 is 27.7 Å². The van der Waals surface area contributed by atoms with Gasteiger partial charge in [0.05, 0.1) is 0 Å². The van der Waals surface area contributed by atoms with Crippen molar-refractivity contribution in [3.8, 4) is 0 Å². The monoisotopic (exact) mass is 297 g/mol. The molecule has 2 aliphatic heterocycles. The fourth-order valence-corrected chi connectivity index (χ4v) is 4.71. The summed E-state index contributed by atoms with van der Waals surface area (Å²) in [7, 11) is 2.22. The molecule has 3 rings (SSSR count). The minimum Gasteiger partial charge on any atom is -0.373 e. The van der Waals surface area contributed by atoms with E-state index in [1.54, 1.807) is 5.56 Å². The first-order valence-electron chi connectivity index (χ1n) is 5.80. The van der Waals surface area contributed by atoms with Gasteiger partial charge < -0.3 is 4.90 Å². The van der Waals surface area contributed by atoms with Crippen molar-refractivity contribution >= 4 is 33.4 Å². The summed E-state index contributed by atoms with van der Waals surface area (Å²) in [6, 6.07) is 6.80. The van der Waals surface area contributed by atoms with Gasteiger partial charge in [0.2, 0.25) is 0 Å². The molecule has 0 aromatic heterocycles. The zero-order valence-corrected chi connectivity index (χ0v) is 11.9. The fraction of sp³-hybridized carbons (Fsp3) is 0.538. The van der Waals surface area contributed by atoms with Crippen LogP contribution in [0.25, 0.3) is 0 Å². The zero-order chi connectivity index (χ0) is 11.2. The van der Waals surface area contributed by atoms with E-state index in [2.05, 4.69) is 57.8 Å². The normalized spacial score (nSPS) is 22.5. The van der Waals surface area contributed by atoms with E-state index in [1.165, 1.54) is 41.1 Å². The molecule has 86 valence electrons. The van der Waals surface area contributed by atoms with Gasteiger partial charge in [-0.3, -0.25) is 0 Å². The van der Waals surface area contributed by atoms with Crippen LogP contribution < -0.4 is 4.90 Å². The number of hydrogen-bond acceptors (Lipinski definition) is 2. The third kappa shape index (κ3) is 1.60. The molecule has 1 aromatic rings. The van der Waals surface area contributed by atoms with Crippen molar-refractivity contribution in [1.82, 2.24) is 0 Å². The summed E-state index contributed by atoms with van der Waals surface area (Å²) in [4.78, 5) is 2.43. The summed E-state index contributed by atoms with van der Waals surface area (Å²) in [5, 5.41) is 0. The summed E-state index contributed by atoms with van der Waals surface area (Å²) in [6.07, 6.45) is 2.69. The van der Waals surface area contributed by atoms with Gasteiger partial charge in [0.1, 0.15) is 0 Å². The van der Waals surface area contributed by atoms with E-state index in [0.29, 0.717) is 5.41 Å². The maximum absolute atomic E-state index is 3.57. The number of fused-ring (bicyclic) bond motifs is 2. The quantitative estimate of drug-likeness (QED) is 0.719. The molecule has 1 aromatic carbocycles. The predicted octanol–water partition coefficient (Wildman–Crippen LogP) is 3.66. The van der Waals surface area contributed by atoms with Crippen LogP contribution in [0.3, 0.4) is 0 Å². The molecule has 16 heavy (non-hydrogen) atoms. The highest BCUT2D eigenvalue weighted by molar-refractivity contribution is 9.10. The average Bonchev–Trinajstić information content (AvgIpc) is 2.53. The van der Waals surface area contributed by atoms with E-state index < -0.39 is 0 Å². The molecule has 0 bridgehead atoms. The van der Waals surface area contributed by atoms with Crippen LogP contribution in [-0.2, 0) is 5.41 Å². The maximum Gasteiger partial charge on any atom is 0.0414 e. The molecule has 0 N–H and O–H groups in total. The van der Waals surface area contributed by atoms with Crippen molar-refractivity contribution in [3.05, 3.63) is 28.2 Å². The second-order valence-electron chi connectivity index (χ2n) is 4.91. The van der Waals surface area contributed by atoms with Crippen LogP contribution in [0.4, 0.5) is 5.69 Å². The Labute approximate surface area is 110 Å². The Bertz CT molecular complexity index is 412. The largest absolute Gasteiger partial charge is 0.373 e. The minimum atomic E-state index is 0.454. The van der Waals surface area contributed by atoms with Crippen molar-refractivity contribution in [2.24, 2.45) is 0 Å².